The van der Waals surface area contributed by atoms with Crippen molar-refractivity contribution in [3.8, 4) is 11.3 Å². The van der Waals surface area contributed by atoms with Gasteiger partial charge in [0.2, 0.25) is 0 Å². The van der Waals surface area contributed by atoms with Crippen LogP contribution in [0, 0.1) is 5.82 Å². The summed E-state index contributed by atoms with van der Waals surface area (Å²) >= 11 is 0. The Hall–Kier alpha value is -2.18. The Bertz CT molecular complexity index is 732. The van der Waals surface area contributed by atoms with Crippen molar-refractivity contribution in [1.82, 2.24) is 14.4 Å². The molecule has 1 aromatic carbocycles. The number of halogens is 1. The zero-order chi connectivity index (χ0) is 18.0. The number of piperazine rings is 1. The molecule has 0 bridgehead atoms. The topological polar surface area (TPSA) is 48.7 Å². The van der Waals surface area contributed by atoms with E-state index >= 15 is 0 Å². The molecule has 1 amide bonds. The summed E-state index contributed by atoms with van der Waals surface area (Å²) in [4.78, 5) is 16.8. The minimum atomic E-state index is -0.353. The molecule has 1 aliphatic heterocycles. The SMILES string of the molecule is C[C@@H](O)CN1CCN(C(=O)c2ccc(-c3ccc(F)cc3)n2C)CC1. The van der Waals surface area contributed by atoms with E-state index < -0.39 is 0 Å². The highest BCUT2D eigenvalue weighted by atomic mass is 19.1. The normalized spacial score (nSPS) is 16.9. The summed E-state index contributed by atoms with van der Waals surface area (Å²) in [6, 6.07) is 9.99. The summed E-state index contributed by atoms with van der Waals surface area (Å²) in [7, 11) is 1.86. The van der Waals surface area contributed by atoms with Gasteiger partial charge in [0.1, 0.15) is 11.5 Å². The van der Waals surface area contributed by atoms with Crippen LogP contribution < -0.4 is 0 Å². The summed E-state index contributed by atoms with van der Waals surface area (Å²) in [6.45, 7) is 5.27. The molecule has 1 atom stereocenters. The molecule has 3 rings (SSSR count). The highest BCUT2D eigenvalue weighted by Gasteiger charge is 2.24. The number of nitrogens with zero attached hydrogens (tertiary/aromatic N) is 3. The van der Waals surface area contributed by atoms with Gasteiger partial charge >= 0.3 is 0 Å². The molecular weight excluding hydrogens is 321 g/mol. The van der Waals surface area contributed by atoms with Crippen LogP contribution in [0.4, 0.5) is 4.39 Å². The van der Waals surface area contributed by atoms with Crippen molar-refractivity contribution in [2.24, 2.45) is 7.05 Å². The van der Waals surface area contributed by atoms with Gasteiger partial charge in [0, 0.05) is 45.5 Å². The molecule has 0 unspecified atom stereocenters. The maximum Gasteiger partial charge on any atom is 0.270 e. The molecule has 2 heterocycles. The van der Waals surface area contributed by atoms with Gasteiger partial charge in [0.05, 0.1) is 6.10 Å². The van der Waals surface area contributed by atoms with Crippen LogP contribution in [-0.4, -0.2) is 64.2 Å². The number of carbonyl (C=O) groups is 1. The van der Waals surface area contributed by atoms with Gasteiger partial charge in [-0.05, 0) is 48.9 Å². The van der Waals surface area contributed by atoms with Gasteiger partial charge in [0.25, 0.3) is 5.91 Å². The van der Waals surface area contributed by atoms with E-state index in [9.17, 15) is 14.3 Å². The molecule has 0 spiro atoms. The van der Waals surface area contributed by atoms with E-state index in [0.717, 1.165) is 24.3 Å². The lowest BCUT2D eigenvalue weighted by Gasteiger charge is -2.35. The van der Waals surface area contributed by atoms with Crippen molar-refractivity contribution >= 4 is 5.91 Å². The molecule has 6 heteroatoms. The summed E-state index contributed by atoms with van der Waals surface area (Å²) in [5, 5.41) is 9.47. The number of aliphatic hydroxyl groups excluding tert-OH is 1. The number of hydrogen-bond donors (Lipinski definition) is 1. The molecule has 1 saturated heterocycles. The number of β-amino-alcohol motifs (C(OH)–C–C–N with tert-alkyl or cyclic N) is 1. The van der Waals surface area contributed by atoms with Crippen LogP contribution in [0.5, 0.6) is 0 Å². The minimum absolute atomic E-state index is 0.00700. The second kappa shape index (κ2) is 7.37. The van der Waals surface area contributed by atoms with Gasteiger partial charge in [-0.25, -0.2) is 4.39 Å². The lowest BCUT2D eigenvalue weighted by Crippen LogP contribution is -2.50. The Morgan fingerprint density at radius 1 is 1.12 bits per heavy atom. The average Bonchev–Trinajstić information content (AvgIpc) is 2.97. The first kappa shape index (κ1) is 17.6. The third-order valence-electron chi connectivity index (χ3n) is 4.66. The first-order valence-corrected chi connectivity index (χ1v) is 8.57. The highest BCUT2D eigenvalue weighted by molar-refractivity contribution is 5.94. The van der Waals surface area contributed by atoms with Crippen LogP contribution in [0.2, 0.25) is 0 Å². The molecular formula is C19H24FN3O2. The monoisotopic (exact) mass is 345 g/mol. The Kier molecular flexibility index (Phi) is 5.20. The Morgan fingerprint density at radius 3 is 2.36 bits per heavy atom. The van der Waals surface area contributed by atoms with Crippen LogP contribution in [0.1, 0.15) is 17.4 Å². The van der Waals surface area contributed by atoms with E-state index in [1.165, 1.54) is 12.1 Å². The van der Waals surface area contributed by atoms with E-state index in [4.69, 9.17) is 0 Å². The maximum absolute atomic E-state index is 13.1. The number of carbonyl (C=O) groups excluding carboxylic acids is 1. The molecule has 5 nitrogen and oxygen atoms in total. The second-order valence-electron chi connectivity index (χ2n) is 6.61. The van der Waals surface area contributed by atoms with Gasteiger partial charge < -0.3 is 14.6 Å². The third-order valence-corrected chi connectivity index (χ3v) is 4.66. The Morgan fingerprint density at radius 2 is 1.76 bits per heavy atom. The van der Waals surface area contributed by atoms with Crippen LogP contribution in [0.3, 0.4) is 0 Å². The Labute approximate surface area is 147 Å². The highest BCUT2D eigenvalue weighted by Crippen LogP contribution is 2.23. The molecule has 1 aromatic heterocycles. The smallest absolute Gasteiger partial charge is 0.270 e. The van der Waals surface area contributed by atoms with E-state index in [-0.39, 0.29) is 17.8 Å². The van der Waals surface area contributed by atoms with Crippen LogP contribution >= 0.6 is 0 Å². The van der Waals surface area contributed by atoms with E-state index in [2.05, 4.69) is 4.90 Å². The van der Waals surface area contributed by atoms with Crippen molar-refractivity contribution in [2.75, 3.05) is 32.7 Å². The number of aromatic nitrogens is 1. The minimum Gasteiger partial charge on any atom is -0.392 e. The van der Waals surface area contributed by atoms with Crippen molar-refractivity contribution < 1.29 is 14.3 Å². The first-order chi connectivity index (χ1) is 12.0. The van der Waals surface area contributed by atoms with Gasteiger partial charge in [-0.3, -0.25) is 9.69 Å². The van der Waals surface area contributed by atoms with Crippen LogP contribution in [0.25, 0.3) is 11.3 Å². The zero-order valence-corrected chi connectivity index (χ0v) is 14.7. The third kappa shape index (κ3) is 3.91. The fourth-order valence-electron chi connectivity index (χ4n) is 3.31. The van der Waals surface area contributed by atoms with Gasteiger partial charge in [0.15, 0.2) is 0 Å². The van der Waals surface area contributed by atoms with Crippen LogP contribution in [-0.2, 0) is 7.05 Å². The molecule has 0 radical (unpaired) electrons. The quantitative estimate of drug-likeness (QED) is 0.922. The molecule has 0 saturated carbocycles. The molecule has 2 aromatic rings. The zero-order valence-electron chi connectivity index (χ0n) is 14.7. The van der Waals surface area contributed by atoms with Crippen molar-refractivity contribution in [3.63, 3.8) is 0 Å². The van der Waals surface area contributed by atoms with Crippen molar-refractivity contribution in [3.05, 3.63) is 47.9 Å². The number of benzene rings is 1. The number of aliphatic hydroxyl groups is 1. The molecule has 1 N–H and O–H groups in total. The summed E-state index contributed by atoms with van der Waals surface area (Å²) < 4.78 is 15.0. The van der Waals surface area contributed by atoms with Gasteiger partial charge in [-0.15, -0.1) is 0 Å². The van der Waals surface area contributed by atoms with Crippen LogP contribution in [0.15, 0.2) is 36.4 Å². The fraction of sp³-hybridized carbons (Fsp3) is 0.421. The number of amides is 1. The van der Waals surface area contributed by atoms with Gasteiger partial charge in [-0.2, -0.15) is 0 Å². The van der Waals surface area contributed by atoms with E-state index in [1.54, 1.807) is 19.1 Å². The molecule has 134 valence electrons. The number of hydrogen-bond acceptors (Lipinski definition) is 3. The maximum atomic E-state index is 13.1. The molecule has 1 fully saturated rings. The summed E-state index contributed by atoms with van der Waals surface area (Å²) in [5.74, 6) is -0.267. The predicted octanol–water partition coefficient (Wildman–Crippen LogP) is 1.97. The average molecular weight is 345 g/mol. The van der Waals surface area contributed by atoms with E-state index in [1.807, 2.05) is 28.6 Å². The summed E-state index contributed by atoms with van der Waals surface area (Å²) in [5.41, 5.74) is 2.39. The van der Waals surface area contributed by atoms with Gasteiger partial charge in [-0.1, -0.05) is 0 Å². The fourth-order valence-corrected chi connectivity index (χ4v) is 3.31. The van der Waals surface area contributed by atoms with Crippen molar-refractivity contribution in [1.29, 1.82) is 0 Å². The standard InChI is InChI=1S/C19H24FN3O2/c1-14(24)13-22-9-11-23(12-10-22)19(25)18-8-7-17(21(18)2)15-3-5-16(20)6-4-15/h3-8,14,24H,9-13H2,1-2H3/t14-/m1/s1. The molecule has 0 aliphatic carbocycles. The molecule has 1 aliphatic rings. The number of rotatable bonds is 4. The predicted molar refractivity (Wildman–Crippen MR) is 94.8 cm³/mol. The van der Waals surface area contributed by atoms with E-state index in [0.29, 0.717) is 25.3 Å². The lowest BCUT2D eigenvalue weighted by molar-refractivity contribution is 0.0546. The van der Waals surface area contributed by atoms with Crippen molar-refractivity contribution in [2.45, 2.75) is 13.0 Å². The first-order valence-electron chi connectivity index (χ1n) is 8.57. The Balaban J connectivity index is 1.70. The lowest BCUT2D eigenvalue weighted by atomic mass is 10.1. The largest absolute Gasteiger partial charge is 0.392 e. The second-order valence-corrected chi connectivity index (χ2v) is 6.61. The molecule has 25 heavy (non-hydrogen) atoms. The summed E-state index contributed by atoms with van der Waals surface area (Å²) in [6.07, 6.45) is -0.353.